The van der Waals surface area contributed by atoms with Crippen LogP contribution in [0.4, 0.5) is 18.6 Å². The molecule has 6 nitrogen and oxygen atoms in total. The van der Waals surface area contributed by atoms with Gasteiger partial charge in [-0.1, -0.05) is 0 Å². The Hall–Kier alpha value is -2.26. The van der Waals surface area contributed by atoms with Crippen LogP contribution in [-0.4, -0.2) is 42.5 Å². The summed E-state index contributed by atoms with van der Waals surface area (Å²) in [7, 11) is 3.93. The molecular formula is C17H22F2N4O2S. The highest BCUT2D eigenvalue weighted by molar-refractivity contribution is 7.10. The number of aromatic nitrogens is 1. The van der Waals surface area contributed by atoms with Gasteiger partial charge in [0.2, 0.25) is 5.88 Å². The Kier molecular flexibility index (Phi) is 7.28. The van der Waals surface area contributed by atoms with Crippen LogP contribution < -0.4 is 15.4 Å². The molecule has 0 spiro atoms. The Morgan fingerprint density at radius 1 is 1.27 bits per heavy atom. The zero-order valence-corrected chi connectivity index (χ0v) is 15.8. The van der Waals surface area contributed by atoms with Gasteiger partial charge in [-0.3, -0.25) is 5.32 Å². The molecule has 0 aliphatic rings. The standard InChI is InChI=1S/C17H22F2N4O2S/c1-11-7-13(18)12(14(19)8-11)10-25-15-9-16(26-22-15)21-17(24)20-5-4-6-23(2)3/h7-9H,4-6,10H2,1-3H3,(H2,20,21,24). The lowest BCUT2D eigenvalue weighted by molar-refractivity contribution is 0.251. The van der Waals surface area contributed by atoms with E-state index in [-0.39, 0.29) is 24.1 Å². The van der Waals surface area contributed by atoms with Crippen molar-refractivity contribution in [1.29, 1.82) is 0 Å². The fourth-order valence-corrected chi connectivity index (χ4v) is 2.74. The van der Waals surface area contributed by atoms with Crippen LogP contribution >= 0.6 is 11.5 Å². The van der Waals surface area contributed by atoms with Gasteiger partial charge in [-0.2, -0.15) is 4.37 Å². The summed E-state index contributed by atoms with van der Waals surface area (Å²) in [6.07, 6.45) is 0.838. The van der Waals surface area contributed by atoms with E-state index in [0.29, 0.717) is 17.1 Å². The molecule has 142 valence electrons. The molecule has 0 saturated carbocycles. The highest BCUT2D eigenvalue weighted by Gasteiger charge is 2.12. The van der Waals surface area contributed by atoms with E-state index in [4.69, 9.17) is 4.74 Å². The predicted octanol–water partition coefficient (Wildman–Crippen LogP) is 3.38. The molecule has 2 amide bonds. The Balaban J connectivity index is 1.82. The summed E-state index contributed by atoms with van der Waals surface area (Å²) in [6.45, 7) is 2.77. The van der Waals surface area contributed by atoms with Gasteiger partial charge in [0, 0.05) is 12.6 Å². The van der Waals surface area contributed by atoms with Crippen molar-refractivity contribution in [2.24, 2.45) is 0 Å². The number of aryl methyl sites for hydroxylation is 1. The number of ether oxygens (including phenoxy) is 1. The minimum Gasteiger partial charge on any atom is -0.472 e. The number of amides is 2. The van der Waals surface area contributed by atoms with E-state index < -0.39 is 11.6 Å². The molecule has 0 radical (unpaired) electrons. The molecule has 1 heterocycles. The van der Waals surface area contributed by atoms with Crippen molar-refractivity contribution < 1.29 is 18.3 Å². The third kappa shape index (κ3) is 6.23. The molecule has 26 heavy (non-hydrogen) atoms. The maximum absolute atomic E-state index is 13.8. The fourth-order valence-electron chi connectivity index (χ4n) is 2.15. The van der Waals surface area contributed by atoms with E-state index in [1.54, 1.807) is 6.92 Å². The second kappa shape index (κ2) is 9.44. The van der Waals surface area contributed by atoms with Gasteiger partial charge in [-0.05, 0) is 63.2 Å². The minimum atomic E-state index is -0.659. The molecule has 2 rings (SSSR count). The van der Waals surface area contributed by atoms with Crippen LogP contribution in [0.15, 0.2) is 18.2 Å². The number of hydrogen-bond donors (Lipinski definition) is 2. The van der Waals surface area contributed by atoms with Gasteiger partial charge < -0.3 is 15.0 Å². The van der Waals surface area contributed by atoms with Crippen LogP contribution in [0.1, 0.15) is 17.5 Å². The number of benzene rings is 1. The van der Waals surface area contributed by atoms with Crippen LogP contribution in [0, 0.1) is 18.6 Å². The van der Waals surface area contributed by atoms with E-state index in [1.165, 1.54) is 18.2 Å². The van der Waals surface area contributed by atoms with Crippen molar-refractivity contribution in [1.82, 2.24) is 14.6 Å². The molecule has 2 N–H and O–H groups in total. The van der Waals surface area contributed by atoms with Gasteiger partial charge >= 0.3 is 6.03 Å². The Bertz CT molecular complexity index is 729. The first-order valence-electron chi connectivity index (χ1n) is 8.09. The monoisotopic (exact) mass is 384 g/mol. The topological polar surface area (TPSA) is 66.5 Å². The highest BCUT2D eigenvalue weighted by atomic mass is 32.1. The molecule has 0 aliphatic heterocycles. The molecule has 0 saturated heterocycles. The Morgan fingerprint density at radius 3 is 2.62 bits per heavy atom. The van der Waals surface area contributed by atoms with Crippen molar-refractivity contribution >= 4 is 22.6 Å². The van der Waals surface area contributed by atoms with Gasteiger partial charge in [0.15, 0.2) is 0 Å². The first-order valence-corrected chi connectivity index (χ1v) is 8.86. The normalized spacial score (nSPS) is 10.8. The summed E-state index contributed by atoms with van der Waals surface area (Å²) in [5.74, 6) is -1.13. The molecule has 0 fully saturated rings. The summed E-state index contributed by atoms with van der Waals surface area (Å²) >= 11 is 1.03. The summed E-state index contributed by atoms with van der Waals surface area (Å²) in [5, 5.41) is 5.86. The van der Waals surface area contributed by atoms with Crippen molar-refractivity contribution in [3.05, 3.63) is 41.0 Å². The van der Waals surface area contributed by atoms with E-state index in [0.717, 1.165) is 24.5 Å². The fraction of sp³-hybridized carbons (Fsp3) is 0.412. The second-order valence-electron chi connectivity index (χ2n) is 6.06. The van der Waals surface area contributed by atoms with Crippen molar-refractivity contribution in [3.63, 3.8) is 0 Å². The van der Waals surface area contributed by atoms with Gasteiger partial charge in [0.25, 0.3) is 0 Å². The third-order valence-corrected chi connectivity index (χ3v) is 4.13. The Labute approximate surface area is 155 Å². The molecule has 0 unspecified atom stereocenters. The summed E-state index contributed by atoms with van der Waals surface area (Å²) < 4.78 is 36.9. The van der Waals surface area contributed by atoms with Gasteiger partial charge in [0.05, 0.1) is 5.56 Å². The van der Waals surface area contributed by atoms with Crippen molar-refractivity contribution in [2.45, 2.75) is 20.0 Å². The molecule has 0 bridgehead atoms. The molecule has 1 aromatic carbocycles. The van der Waals surface area contributed by atoms with E-state index in [1.807, 2.05) is 19.0 Å². The first kappa shape index (κ1) is 20.1. The summed E-state index contributed by atoms with van der Waals surface area (Å²) in [4.78, 5) is 13.8. The lowest BCUT2D eigenvalue weighted by Gasteiger charge is -2.09. The van der Waals surface area contributed by atoms with Crippen LogP contribution in [0.3, 0.4) is 0 Å². The van der Waals surface area contributed by atoms with Gasteiger partial charge in [-0.15, -0.1) is 0 Å². The van der Waals surface area contributed by atoms with Crippen LogP contribution in [-0.2, 0) is 6.61 Å². The van der Waals surface area contributed by atoms with Crippen LogP contribution in [0.2, 0.25) is 0 Å². The molecule has 9 heteroatoms. The Morgan fingerprint density at radius 2 is 1.96 bits per heavy atom. The molecule has 1 aromatic heterocycles. The largest absolute Gasteiger partial charge is 0.472 e. The maximum Gasteiger partial charge on any atom is 0.319 e. The minimum absolute atomic E-state index is 0.156. The van der Waals surface area contributed by atoms with E-state index in [2.05, 4.69) is 15.0 Å². The van der Waals surface area contributed by atoms with E-state index in [9.17, 15) is 13.6 Å². The maximum atomic E-state index is 13.8. The SMILES string of the molecule is Cc1cc(F)c(COc2cc(NC(=O)NCCCN(C)C)sn2)c(F)c1. The lowest BCUT2D eigenvalue weighted by Crippen LogP contribution is -2.30. The average Bonchev–Trinajstić information content (AvgIpc) is 2.97. The van der Waals surface area contributed by atoms with Gasteiger partial charge in [-0.25, -0.2) is 13.6 Å². The van der Waals surface area contributed by atoms with Gasteiger partial charge in [0.1, 0.15) is 23.2 Å². The number of rotatable bonds is 8. The lowest BCUT2D eigenvalue weighted by atomic mass is 10.1. The molecule has 2 aromatic rings. The van der Waals surface area contributed by atoms with Crippen molar-refractivity contribution in [2.75, 3.05) is 32.5 Å². The van der Waals surface area contributed by atoms with Crippen molar-refractivity contribution in [3.8, 4) is 5.88 Å². The quantitative estimate of drug-likeness (QED) is 0.685. The van der Waals surface area contributed by atoms with Crippen LogP contribution in [0.25, 0.3) is 0 Å². The smallest absolute Gasteiger partial charge is 0.319 e. The number of carbonyl (C=O) groups is 1. The molecule has 0 atom stereocenters. The number of nitrogens with zero attached hydrogens (tertiary/aromatic N) is 2. The second-order valence-corrected chi connectivity index (χ2v) is 6.87. The highest BCUT2D eigenvalue weighted by Crippen LogP contribution is 2.23. The zero-order valence-electron chi connectivity index (χ0n) is 14.9. The summed E-state index contributed by atoms with van der Waals surface area (Å²) in [6, 6.07) is 3.66. The molecule has 0 aliphatic carbocycles. The first-order chi connectivity index (χ1) is 12.3. The zero-order chi connectivity index (χ0) is 19.1. The number of carbonyl (C=O) groups excluding carboxylic acids is 1. The number of halogens is 2. The molecular weight excluding hydrogens is 362 g/mol. The number of urea groups is 1. The van der Waals surface area contributed by atoms with Crippen LogP contribution in [0.5, 0.6) is 5.88 Å². The average molecular weight is 384 g/mol. The number of nitrogens with one attached hydrogen (secondary N) is 2. The number of anilines is 1. The predicted molar refractivity (Wildman–Crippen MR) is 97.7 cm³/mol. The van der Waals surface area contributed by atoms with E-state index >= 15 is 0 Å². The number of hydrogen-bond acceptors (Lipinski definition) is 5. The third-order valence-electron chi connectivity index (χ3n) is 3.44. The summed E-state index contributed by atoms with van der Waals surface area (Å²) in [5.41, 5.74) is 0.345.